The summed E-state index contributed by atoms with van der Waals surface area (Å²) < 4.78 is 29.8. The Labute approximate surface area is 104 Å². The van der Waals surface area contributed by atoms with Crippen molar-refractivity contribution in [2.75, 3.05) is 12.0 Å². The van der Waals surface area contributed by atoms with Crippen molar-refractivity contribution in [2.24, 2.45) is 7.05 Å². The first kappa shape index (κ1) is 12.4. The van der Waals surface area contributed by atoms with Crippen LogP contribution < -0.4 is 10.5 Å². The molecule has 0 atom stereocenters. The van der Waals surface area contributed by atoms with Gasteiger partial charge in [0, 0.05) is 13.3 Å². The molecule has 2 N–H and O–H groups in total. The summed E-state index contributed by atoms with van der Waals surface area (Å²) in [6.45, 7) is 0. The summed E-state index contributed by atoms with van der Waals surface area (Å²) in [6.07, 6.45) is 2.55. The first-order chi connectivity index (χ1) is 8.38. The van der Waals surface area contributed by atoms with Gasteiger partial charge in [-0.05, 0) is 12.1 Å². The molecule has 18 heavy (non-hydrogen) atoms. The summed E-state index contributed by atoms with van der Waals surface area (Å²) in [7, 11) is -1.70. The average Bonchev–Trinajstić information content (AvgIpc) is 2.65. The molecule has 0 bridgehead atoms. The number of ether oxygens (including phenoxy) is 1. The highest BCUT2D eigenvalue weighted by molar-refractivity contribution is 7.90. The monoisotopic (exact) mass is 268 g/mol. The van der Waals surface area contributed by atoms with Crippen molar-refractivity contribution in [2.45, 2.75) is 4.90 Å². The number of benzene rings is 1. The third kappa shape index (κ3) is 2.43. The molecule has 0 fully saturated rings. The van der Waals surface area contributed by atoms with Crippen molar-refractivity contribution in [3.63, 3.8) is 0 Å². The van der Waals surface area contributed by atoms with E-state index in [0.717, 1.165) is 6.26 Å². The Bertz CT molecular complexity index is 678. The smallest absolute Gasteiger partial charge is 0.341 e. The van der Waals surface area contributed by atoms with Crippen LogP contribution in [0, 0.1) is 0 Å². The lowest BCUT2D eigenvalue weighted by atomic mass is 10.3. The van der Waals surface area contributed by atoms with Crippen LogP contribution in [0.3, 0.4) is 0 Å². The van der Waals surface area contributed by atoms with Gasteiger partial charge in [0.1, 0.15) is 6.33 Å². The van der Waals surface area contributed by atoms with Gasteiger partial charge >= 0.3 is 6.01 Å². The minimum atomic E-state index is -3.39. The van der Waals surface area contributed by atoms with Crippen molar-refractivity contribution in [3.05, 3.63) is 24.5 Å². The molecule has 2 aromatic rings. The molecule has 2 rings (SSSR count). The minimum absolute atomic E-state index is 0.0240. The molecule has 0 aliphatic heterocycles. The van der Waals surface area contributed by atoms with Crippen LogP contribution in [0.5, 0.6) is 11.8 Å². The lowest BCUT2D eigenvalue weighted by Gasteiger charge is -2.08. The average molecular weight is 268 g/mol. The first-order valence-corrected chi connectivity index (χ1v) is 6.89. The third-order valence-corrected chi connectivity index (χ3v) is 3.36. The Hall–Kier alpha value is -2.09. The van der Waals surface area contributed by atoms with Gasteiger partial charge in [0.2, 0.25) is 0 Å². The Balaban J connectivity index is 2.41. The number of hydrogen-bond acceptors (Lipinski definition) is 6. The van der Waals surface area contributed by atoms with E-state index in [2.05, 4.69) is 10.1 Å². The maximum absolute atomic E-state index is 11.5. The highest BCUT2D eigenvalue weighted by Crippen LogP contribution is 2.30. The van der Waals surface area contributed by atoms with Gasteiger partial charge in [-0.3, -0.25) is 4.68 Å². The molecule has 0 unspecified atom stereocenters. The van der Waals surface area contributed by atoms with Crippen molar-refractivity contribution in [3.8, 4) is 11.8 Å². The molecule has 0 spiro atoms. The normalized spacial score (nSPS) is 11.4. The molecule has 0 amide bonds. The van der Waals surface area contributed by atoms with Crippen LogP contribution in [0.15, 0.2) is 29.4 Å². The van der Waals surface area contributed by atoms with E-state index in [1.807, 2.05) is 0 Å². The van der Waals surface area contributed by atoms with Crippen LogP contribution in [-0.2, 0) is 16.9 Å². The number of rotatable bonds is 3. The zero-order chi connectivity index (χ0) is 13.3. The van der Waals surface area contributed by atoms with Gasteiger partial charge in [-0.2, -0.15) is 4.98 Å². The van der Waals surface area contributed by atoms with Crippen LogP contribution in [0.1, 0.15) is 0 Å². The fourth-order valence-electron chi connectivity index (χ4n) is 1.40. The second-order valence-electron chi connectivity index (χ2n) is 3.74. The van der Waals surface area contributed by atoms with Crippen LogP contribution >= 0.6 is 0 Å². The Morgan fingerprint density at radius 1 is 1.39 bits per heavy atom. The van der Waals surface area contributed by atoms with Gasteiger partial charge < -0.3 is 10.5 Å². The fraction of sp³-hybridized carbons (Fsp3) is 0.200. The minimum Gasteiger partial charge on any atom is -0.421 e. The molecule has 1 heterocycles. The summed E-state index contributed by atoms with van der Waals surface area (Å²) in [4.78, 5) is 3.89. The fourth-order valence-corrected chi connectivity index (χ4v) is 2.23. The highest BCUT2D eigenvalue weighted by atomic mass is 32.2. The summed E-state index contributed by atoms with van der Waals surface area (Å²) >= 11 is 0. The van der Waals surface area contributed by atoms with Gasteiger partial charge in [0.15, 0.2) is 15.6 Å². The topological polar surface area (TPSA) is 100 Å². The number of aromatic nitrogens is 3. The summed E-state index contributed by atoms with van der Waals surface area (Å²) in [5.41, 5.74) is 5.81. The maximum Gasteiger partial charge on any atom is 0.341 e. The second kappa shape index (κ2) is 4.30. The molecule has 0 saturated carbocycles. The molecule has 0 radical (unpaired) electrons. The molecule has 0 aliphatic rings. The molecule has 96 valence electrons. The number of para-hydroxylation sites is 1. The van der Waals surface area contributed by atoms with E-state index in [9.17, 15) is 8.42 Å². The number of hydrogen-bond donors (Lipinski definition) is 1. The Morgan fingerprint density at radius 2 is 2.11 bits per heavy atom. The van der Waals surface area contributed by atoms with Crippen LogP contribution in [-0.4, -0.2) is 29.4 Å². The van der Waals surface area contributed by atoms with Crippen molar-refractivity contribution in [1.29, 1.82) is 0 Å². The van der Waals surface area contributed by atoms with E-state index in [1.165, 1.54) is 17.1 Å². The lowest BCUT2D eigenvalue weighted by Crippen LogP contribution is -2.04. The molecule has 0 saturated heterocycles. The molecular weight excluding hydrogens is 256 g/mol. The van der Waals surface area contributed by atoms with E-state index in [1.54, 1.807) is 19.2 Å². The van der Waals surface area contributed by atoms with Gasteiger partial charge in [-0.1, -0.05) is 6.07 Å². The van der Waals surface area contributed by atoms with Crippen LogP contribution in [0.4, 0.5) is 5.69 Å². The van der Waals surface area contributed by atoms with Gasteiger partial charge in [0.05, 0.1) is 10.6 Å². The Morgan fingerprint density at radius 3 is 2.67 bits per heavy atom. The number of nitrogens with two attached hydrogens (primary N) is 1. The Kier molecular flexibility index (Phi) is 2.95. The zero-order valence-corrected chi connectivity index (χ0v) is 10.7. The standard InChI is InChI=1S/C10H12N4O3S/c1-14-6-12-10(13-14)17-7-4-3-5-8(9(7)11)18(2,15)16/h3-6H,11H2,1-2H3. The van der Waals surface area contributed by atoms with E-state index >= 15 is 0 Å². The van der Waals surface area contributed by atoms with E-state index < -0.39 is 9.84 Å². The SMILES string of the molecule is Cn1cnc(Oc2cccc(S(C)(=O)=O)c2N)n1. The molecule has 1 aromatic carbocycles. The van der Waals surface area contributed by atoms with Gasteiger partial charge in [0.25, 0.3) is 0 Å². The second-order valence-corrected chi connectivity index (χ2v) is 5.73. The quantitative estimate of drug-likeness (QED) is 0.818. The molecular formula is C10H12N4O3S. The summed E-state index contributed by atoms with van der Waals surface area (Å²) in [5, 5.41) is 3.92. The van der Waals surface area contributed by atoms with E-state index in [4.69, 9.17) is 10.5 Å². The third-order valence-electron chi connectivity index (χ3n) is 2.21. The number of nitrogen functional groups attached to an aromatic ring is 1. The largest absolute Gasteiger partial charge is 0.421 e. The van der Waals surface area contributed by atoms with Crippen molar-refractivity contribution in [1.82, 2.24) is 14.8 Å². The molecule has 8 heteroatoms. The van der Waals surface area contributed by atoms with Crippen LogP contribution in [0.2, 0.25) is 0 Å². The van der Waals surface area contributed by atoms with E-state index in [-0.39, 0.29) is 22.3 Å². The lowest BCUT2D eigenvalue weighted by molar-refractivity contribution is 0.440. The van der Waals surface area contributed by atoms with Crippen molar-refractivity contribution >= 4 is 15.5 Å². The van der Waals surface area contributed by atoms with Crippen LogP contribution in [0.25, 0.3) is 0 Å². The number of nitrogens with zero attached hydrogens (tertiary/aromatic N) is 3. The molecule has 1 aromatic heterocycles. The van der Waals surface area contributed by atoms with Gasteiger partial charge in [-0.25, -0.2) is 8.42 Å². The van der Waals surface area contributed by atoms with E-state index in [0.29, 0.717) is 0 Å². The maximum atomic E-state index is 11.5. The predicted molar refractivity (Wildman–Crippen MR) is 65.0 cm³/mol. The molecule has 0 aliphatic carbocycles. The summed E-state index contributed by atoms with van der Waals surface area (Å²) in [5.74, 6) is 0.212. The summed E-state index contributed by atoms with van der Waals surface area (Å²) in [6, 6.07) is 4.63. The van der Waals surface area contributed by atoms with Crippen molar-refractivity contribution < 1.29 is 13.2 Å². The number of aryl methyl sites for hydroxylation is 1. The molecule has 7 nitrogen and oxygen atoms in total. The first-order valence-electron chi connectivity index (χ1n) is 5.00. The number of anilines is 1. The van der Waals surface area contributed by atoms with Gasteiger partial charge in [-0.15, -0.1) is 5.10 Å². The highest BCUT2D eigenvalue weighted by Gasteiger charge is 2.16. The zero-order valence-electron chi connectivity index (χ0n) is 9.86. The number of sulfone groups is 1. The predicted octanol–water partition coefficient (Wildman–Crippen LogP) is 0.593.